The van der Waals surface area contributed by atoms with Crippen LogP contribution in [0.4, 0.5) is 5.82 Å². The number of anilines is 1. The zero-order valence-corrected chi connectivity index (χ0v) is 9.19. The molecule has 0 amide bonds. The summed E-state index contributed by atoms with van der Waals surface area (Å²) in [5.41, 5.74) is 1.40. The summed E-state index contributed by atoms with van der Waals surface area (Å²) in [5, 5.41) is 4.82. The number of aryl methyl sites for hydroxylation is 1. The minimum Gasteiger partial charge on any atom is -0.356 e. The van der Waals surface area contributed by atoms with E-state index in [-0.39, 0.29) is 0 Å². The summed E-state index contributed by atoms with van der Waals surface area (Å²) in [5.74, 6) is 0.906. The molecule has 0 saturated carbocycles. The van der Waals surface area contributed by atoms with Crippen molar-refractivity contribution in [3.63, 3.8) is 0 Å². The van der Waals surface area contributed by atoms with Crippen LogP contribution in [0.2, 0.25) is 0 Å². The van der Waals surface area contributed by atoms with E-state index in [1.165, 1.54) is 6.33 Å². The second-order valence-corrected chi connectivity index (χ2v) is 3.32. The van der Waals surface area contributed by atoms with Crippen molar-refractivity contribution in [2.45, 2.75) is 20.8 Å². The molecule has 0 spiro atoms. The van der Waals surface area contributed by atoms with Gasteiger partial charge in [0, 0.05) is 13.1 Å². The van der Waals surface area contributed by atoms with Crippen molar-refractivity contribution in [3.05, 3.63) is 12.0 Å². The molecule has 15 heavy (non-hydrogen) atoms. The van der Waals surface area contributed by atoms with E-state index in [0.29, 0.717) is 5.71 Å². The standard InChI is InChI=1S/C10H14N4O/c1-4-14(5-2)9-8-7(3)13-15-10(8)12-6-11-9/h6H,4-5H2,1-3H3. The second kappa shape index (κ2) is 3.84. The summed E-state index contributed by atoms with van der Waals surface area (Å²) in [4.78, 5) is 10.5. The van der Waals surface area contributed by atoms with Crippen LogP contribution >= 0.6 is 0 Å². The van der Waals surface area contributed by atoms with Crippen molar-refractivity contribution in [3.8, 4) is 0 Å². The fourth-order valence-corrected chi connectivity index (χ4v) is 1.67. The monoisotopic (exact) mass is 206 g/mol. The predicted molar refractivity (Wildman–Crippen MR) is 57.9 cm³/mol. The van der Waals surface area contributed by atoms with E-state index < -0.39 is 0 Å². The maximum atomic E-state index is 5.10. The molecule has 2 heterocycles. The summed E-state index contributed by atoms with van der Waals surface area (Å²) >= 11 is 0. The predicted octanol–water partition coefficient (Wildman–Crippen LogP) is 1.77. The molecule has 2 aromatic rings. The molecule has 0 N–H and O–H groups in total. The Kier molecular flexibility index (Phi) is 2.53. The first kappa shape index (κ1) is 9.89. The molecule has 2 aromatic heterocycles. The van der Waals surface area contributed by atoms with E-state index in [9.17, 15) is 0 Å². The molecule has 80 valence electrons. The third kappa shape index (κ3) is 1.54. The Bertz CT molecular complexity index is 461. The van der Waals surface area contributed by atoms with Gasteiger partial charge in [0.05, 0.1) is 5.69 Å². The van der Waals surface area contributed by atoms with E-state index >= 15 is 0 Å². The van der Waals surface area contributed by atoms with Gasteiger partial charge < -0.3 is 9.42 Å². The van der Waals surface area contributed by atoms with Gasteiger partial charge in [-0.15, -0.1) is 0 Å². The third-order valence-electron chi connectivity index (χ3n) is 2.49. The van der Waals surface area contributed by atoms with E-state index in [0.717, 1.165) is 30.0 Å². The van der Waals surface area contributed by atoms with E-state index in [1.54, 1.807) is 0 Å². The first-order valence-corrected chi connectivity index (χ1v) is 5.09. The summed E-state index contributed by atoms with van der Waals surface area (Å²) < 4.78 is 5.10. The molecule has 0 bridgehead atoms. The molecule has 0 atom stereocenters. The summed E-state index contributed by atoms with van der Waals surface area (Å²) in [6.45, 7) is 7.92. The third-order valence-corrected chi connectivity index (χ3v) is 2.49. The van der Waals surface area contributed by atoms with E-state index in [2.05, 4.69) is 33.9 Å². The number of hydrogen-bond donors (Lipinski definition) is 0. The molecular weight excluding hydrogens is 192 g/mol. The van der Waals surface area contributed by atoms with E-state index in [4.69, 9.17) is 4.52 Å². The van der Waals surface area contributed by atoms with Gasteiger partial charge >= 0.3 is 0 Å². The maximum absolute atomic E-state index is 5.10. The van der Waals surface area contributed by atoms with Crippen LogP contribution in [-0.2, 0) is 0 Å². The largest absolute Gasteiger partial charge is 0.356 e. The van der Waals surface area contributed by atoms with Gasteiger partial charge in [-0.2, -0.15) is 4.98 Å². The molecule has 0 radical (unpaired) electrons. The quantitative estimate of drug-likeness (QED) is 0.766. The van der Waals surface area contributed by atoms with Crippen LogP contribution in [0.5, 0.6) is 0 Å². The normalized spacial score (nSPS) is 10.9. The lowest BCUT2D eigenvalue weighted by atomic mass is 10.3. The summed E-state index contributed by atoms with van der Waals surface area (Å²) in [6.07, 6.45) is 1.51. The van der Waals surface area contributed by atoms with Crippen LogP contribution in [-0.4, -0.2) is 28.2 Å². The summed E-state index contributed by atoms with van der Waals surface area (Å²) in [6, 6.07) is 0. The molecule has 0 aromatic carbocycles. The first-order chi connectivity index (χ1) is 7.27. The molecule has 5 nitrogen and oxygen atoms in total. The number of aromatic nitrogens is 3. The molecule has 0 aliphatic carbocycles. The molecule has 0 aliphatic rings. The number of fused-ring (bicyclic) bond motifs is 1. The minimum atomic E-state index is 0.560. The Balaban J connectivity index is 2.63. The Hall–Kier alpha value is -1.65. The number of rotatable bonds is 3. The lowest BCUT2D eigenvalue weighted by Crippen LogP contribution is -2.23. The van der Waals surface area contributed by atoms with Crippen molar-refractivity contribution in [1.29, 1.82) is 0 Å². The Morgan fingerprint density at radius 1 is 1.27 bits per heavy atom. The Labute approximate surface area is 88.1 Å². The molecule has 2 rings (SSSR count). The van der Waals surface area contributed by atoms with Gasteiger partial charge in [0.2, 0.25) is 0 Å². The highest BCUT2D eigenvalue weighted by Crippen LogP contribution is 2.25. The van der Waals surface area contributed by atoms with Crippen LogP contribution in [0.3, 0.4) is 0 Å². The number of nitrogens with zero attached hydrogens (tertiary/aromatic N) is 4. The fourth-order valence-electron chi connectivity index (χ4n) is 1.67. The molecule has 0 unspecified atom stereocenters. The fraction of sp³-hybridized carbons (Fsp3) is 0.500. The summed E-state index contributed by atoms with van der Waals surface area (Å²) in [7, 11) is 0. The molecule has 5 heteroatoms. The van der Waals surface area contributed by atoms with Gasteiger partial charge in [0.15, 0.2) is 0 Å². The Morgan fingerprint density at radius 2 is 2.00 bits per heavy atom. The highest BCUT2D eigenvalue weighted by Gasteiger charge is 2.15. The zero-order chi connectivity index (χ0) is 10.8. The molecule has 0 saturated heterocycles. The van der Waals surface area contributed by atoms with Crippen molar-refractivity contribution >= 4 is 16.9 Å². The van der Waals surface area contributed by atoms with Gasteiger partial charge in [0.25, 0.3) is 5.71 Å². The van der Waals surface area contributed by atoms with Crippen molar-refractivity contribution in [1.82, 2.24) is 15.1 Å². The van der Waals surface area contributed by atoms with Crippen LogP contribution in [0, 0.1) is 6.92 Å². The Morgan fingerprint density at radius 3 is 2.67 bits per heavy atom. The maximum Gasteiger partial charge on any atom is 0.263 e. The highest BCUT2D eigenvalue weighted by atomic mass is 16.5. The second-order valence-electron chi connectivity index (χ2n) is 3.32. The van der Waals surface area contributed by atoms with Gasteiger partial charge in [-0.3, -0.25) is 0 Å². The minimum absolute atomic E-state index is 0.560. The highest BCUT2D eigenvalue weighted by molar-refractivity contribution is 5.87. The smallest absolute Gasteiger partial charge is 0.263 e. The van der Waals surface area contributed by atoms with Crippen molar-refractivity contribution < 1.29 is 4.52 Å². The molecule has 0 fully saturated rings. The van der Waals surface area contributed by atoms with Gasteiger partial charge in [0.1, 0.15) is 17.5 Å². The number of hydrogen-bond acceptors (Lipinski definition) is 5. The van der Waals surface area contributed by atoms with Crippen LogP contribution in [0.25, 0.3) is 11.1 Å². The van der Waals surface area contributed by atoms with Gasteiger partial charge in [-0.25, -0.2) is 4.98 Å². The first-order valence-electron chi connectivity index (χ1n) is 5.09. The van der Waals surface area contributed by atoms with Gasteiger partial charge in [-0.1, -0.05) is 5.16 Å². The van der Waals surface area contributed by atoms with Crippen molar-refractivity contribution in [2.24, 2.45) is 0 Å². The van der Waals surface area contributed by atoms with Crippen LogP contribution in [0.15, 0.2) is 10.9 Å². The SMILES string of the molecule is CCN(CC)c1ncnc2onc(C)c12. The lowest BCUT2D eigenvalue weighted by Gasteiger charge is -2.19. The average molecular weight is 206 g/mol. The van der Waals surface area contributed by atoms with Crippen LogP contribution in [0.1, 0.15) is 19.5 Å². The van der Waals surface area contributed by atoms with Gasteiger partial charge in [-0.05, 0) is 20.8 Å². The molecule has 0 aliphatic heterocycles. The van der Waals surface area contributed by atoms with E-state index in [1.807, 2.05) is 6.92 Å². The molecular formula is C10H14N4O. The van der Waals surface area contributed by atoms with Crippen molar-refractivity contribution in [2.75, 3.05) is 18.0 Å². The lowest BCUT2D eigenvalue weighted by molar-refractivity contribution is 0.442. The van der Waals surface area contributed by atoms with Crippen LogP contribution < -0.4 is 4.90 Å². The zero-order valence-electron chi connectivity index (χ0n) is 9.19. The average Bonchev–Trinajstić information content (AvgIpc) is 2.63. The topological polar surface area (TPSA) is 55.1 Å².